The van der Waals surface area contributed by atoms with Gasteiger partial charge in [-0.15, -0.1) is 0 Å². The Morgan fingerprint density at radius 1 is 1.38 bits per heavy atom. The third-order valence-corrected chi connectivity index (χ3v) is 2.45. The SMILES string of the molecule is N[C@@H](Cc1c(O)cc(O)c(O)c1Cl)C(=O)O. The van der Waals surface area contributed by atoms with Gasteiger partial charge in [0.1, 0.15) is 11.8 Å². The minimum atomic E-state index is -1.26. The maximum absolute atomic E-state index is 10.5. The van der Waals surface area contributed by atoms with E-state index in [-0.39, 0.29) is 17.0 Å². The Hall–Kier alpha value is -1.66. The average Bonchev–Trinajstić information content (AvgIpc) is 2.20. The first-order valence-corrected chi connectivity index (χ1v) is 4.63. The van der Waals surface area contributed by atoms with Gasteiger partial charge < -0.3 is 26.2 Å². The first-order chi connectivity index (χ1) is 7.34. The summed E-state index contributed by atoms with van der Waals surface area (Å²) in [5, 5.41) is 36.1. The molecule has 6 nitrogen and oxygen atoms in total. The third-order valence-electron chi connectivity index (χ3n) is 2.04. The Kier molecular flexibility index (Phi) is 3.46. The normalized spacial score (nSPS) is 12.4. The summed E-state index contributed by atoms with van der Waals surface area (Å²) >= 11 is 5.63. The summed E-state index contributed by atoms with van der Waals surface area (Å²) in [5.41, 5.74) is 5.24. The van der Waals surface area contributed by atoms with Crippen molar-refractivity contribution in [1.29, 1.82) is 0 Å². The van der Waals surface area contributed by atoms with Crippen LogP contribution in [-0.4, -0.2) is 32.4 Å². The molecule has 0 fully saturated rings. The van der Waals surface area contributed by atoms with Gasteiger partial charge in [0.05, 0.1) is 5.02 Å². The minimum Gasteiger partial charge on any atom is -0.507 e. The lowest BCUT2D eigenvalue weighted by molar-refractivity contribution is -0.138. The zero-order valence-corrected chi connectivity index (χ0v) is 8.77. The summed E-state index contributed by atoms with van der Waals surface area (Å²) in [6.45, 7) is 0. The summed E-state index contributed by atoms with van der Waals surface area (Å²) in [5.74, 6) is -2.89. The molecule has 0 unspecified atom stereocenters. The molecule has 0 aliphatic rings. The minimum absolute atomic E-state index is 0.0214. The fourth-order valence-electron chi connectivity index (χ4n) is 1.15. The van der Waals surface area contributed by atoms with Crippen LogP contribution in [0.2, 0.25) is 5.02 Å². The van der Waals surface area contributed by atoms with Crippen LogP contribution in [0.25, 0.3) is 0 Å². The lowest BCUT2D eigenvalue weighted by Crippen LogP contribution is -2.32. The molecule has 88 valence electrons. The van der Waals surface area contributed by atoms with Gasteiger partial charge in [0.2, 0.25) is 0 Å². The van der Waals surface area contributed by atoms with Crippen molar-refractivity contribution in [1.82, 2.24) is 0 Å². The van der Waals surface area contributed by atoms with Crippen molar-refractivity contribution in [2.45, 2.75) is 12.5 Å². The molecule has 0 radical (unpaired) electrons. The van der Waals surface area contributed by atoms with Crippen LogP contribution in [-0.2, 0) is 11.2 Å². The molecule has 6 N–H and O–H groups in total. The highest BCUT2D eigenvalue weighted by Gasteiger charge is 2.20. The van der Waals surface area contributed by atoms with E-state index in [4.69, 9.17) is 27.5 Å². The van der Waals surface area contributed by atoms with E-state index in [1.165, 1.54) is 0 Å². The first-order valence-electron chi connectivity index (χ1n) is 4.25. The van der Waals surface area contributed by atoms with Crippen LogP contribution in [0.3, 0.4) is 0 Å². The standard InChI is InChI=1S/C9H10ClNO5/c10-7-3(1-4(11)9(15)16)5(12)2-6(13)8(7)14/h2,4,12-14H,1,11H2,(H,15,16)/t4-/m0/s1. The molecular weight excluding hydrogens is 238 g/mol. The molecule has 0 saturated carbocycles. The molecule has 0 amide bonds. The van der Waals surface area contributed by atoms with Crippen LogP contribution in [0.5, 0.6) is 17.2 Å². The predicted molar refractivity (Wildman–Crippen MR) is 55.8 cm³/mol. The number of benzene rings is 1. The number of hydrogen-bond donors (Lipinski definition) is 5. The lowest BCUT2D eigenvalue weighted by atomic mass is 10.0. The average molecular weight is 248 g/mol. The summed E-state index contributed by atoms with van der Waals surface area (Å²) in [6, 6.07) is -0.391. The Balaban J connectivity index is 3.14. The second kappa shape index (κ2) is 4.46. The number of phenolic OH excluding ortho intramolecular Hbond substituents is 3. The van der Waals surface area contributed by atoms with Crippen LogP contribution in [0.4, 0.5) is 0 Å². The number of nitrogens with two attached hydrogens (primary N) is 1. The summed E-state index contributed by atoms with van der Waals surface area (Å²) < 4.78 is 0. The van der Waals surface area contributed by atoms with Crippen molar-refractivity contribution in [3.63, 3.8) is 0 Å². The van der Waals surface area contributed by atoms with E-state index in [9.17, 15) is 15.0 Å². The van der Waals surface area contributed by atoms with Gasteiger partial charge in [-0.25, -0.2) is 0 Å². The van der Waals surface area contributed by atoms with Crippen molar-refractivity contribution in [2.75, 3.05) is 0 Å². The third kappa shape index (κ3) is 2.29. The molecule has 0 heterocycles. The molecule has 7 heteroatoms. The van der Waals surface area contributed by atoms with E-state index in [1.807, 2.05) is 0 Å². The molecule has 16 heavy (non-hydrogen) atoms. The number of carbonyl (C=O) groups is 1. The molecule has 1 rings (SSSR count). The summed E-state index contributed by atoms with van der Waals surface area (Å²) in [4.78, 5) is 10.5. The van der Waals surface area contributed by atoms with E-state index in [1.54, 1.807) is 0 Å². The lowest BCUT2D eigenvalue weighted by Gasteiger charge is -2.12. The van der Waals surface area contributed by atoms with E-state index in [0.717, 1.165) is 6.07 Å². The summed E-state index contributed by atoms with van der Waals surface area (Å²) in [6.07, 6.45) is -0.256. The van der Waals surface area contributed by atoms with E-state index in [0.29, 0.717) is 0 Å². The zero-order valence-electron chi connectivity index (χ0n) is 8.01. The predicted octanol–water partition coefficient (Wildman–Crippen LogP) is 0.411. The number of aliphatic carboxylic acids is 1. The number of carboxylic acid groups (broad SMARTS) is 1. The van der Waals surface area contributed by atoms with Crippen molar-refractivity contribution < 1.29 is 25.2 Å². The van der Waals surface area contributed by atoms with Gasteiger partial charge in [-0.2, -0.15) is 0 Å². The molecule has 0 bridgehead atoms. The molecule has 0 aromatic heterocycles. The van der Waals surface area contributed by atoms with E-state index in [2.05, 4.69) is 0 Å². The van der Waals surface area contributed by atoms with Gasteiger partial charge in [0.15, 0.2) is 11.5 Å². The van der Waals surface area contributed by atoms with Crippen molar-refractivity contribution >= 4 is 17.6 Å². The topological polar surface area (TPSA) is 124 Å². The molecule has 0 spiro atoms. The van der Waals surface area contributed by atoms with E-state index >= 15 is 0 Å². The smallest absolute Gasteiger partial charge is 0.320 e. The first kappa shape index (κ1) is 12.4. The van der Waals surface area contributed by atoms with Crippen LogP contribution >= 0.6 is 11.6 Å². The highest BCUT2D eigenvalue weighted by molar-refractivity contribution is 6.33. The Bertz CT molecular complexity index is 434. The molecule has 1 atom stereocenters. The van der Waals surface area contributed by atoms with Crippen LogP contribution in [0, 0.1) is 0 Å². The van der Waals surface area contributed by atoms with Gasteiger partial charge in [0.25, 0.3) is 0 Å². The Labute approximate surface area is 95.5 Å². The number of halogens is 1. The zero-order chi connectivity index (χ0) is 12.5. The fourth-order valence-corrected chi connectivity index (χ4v) is 1.42. The van der Waals surface area contributed by atoms with Crippen molar-refractivity contribution in [3.05, 3.63) is 16.7 Å². The molecule has 0 aliphatic carbocycles. The molecule has 1 aromatic carbocycles. The number of carboxylic acids is 1. The maximum Gasteiger partial charge on any atom is 0.320 e. The van der Waals surface area contributed by atoms with Crippen LogP contribution in [0.15, 0.2) is 6.07 Å². The maximum atomic E-state index is 10.5. The summed E-state index contributed by atoms with van der Waals surface area (Å²) in [7, 11) is 0. The van der Waals surface area contributed by atoms with Crippen LogP contribution in [0.1, 0.15) is 5.56 Å². The Morgan fingerprint density at radius 2 is 1.94 bits per heavy atom. The van der Waals surface area contributed by atoms with Gasteiger partial charge in [-0.3, -0.25) is 4.79 Å². The molecule has 0 aliphatic heterocycles. The van der Waals surface area contributed by atoms with Crippen molar-refractivity contribution in [2.24, 2.45) is 5.73 Å². The number of phenols is 3. The van der Waals surface area contributed by atoms with Gasteiger partial charge >= 0.3 is 5.97 Å². The van der Waals surface area contributed by atoms with E-state index < -0.39 is 29.3 Å². The number of hydrogen-bond acceptors (Lipinski definition) is 5. The molecule has 0 saturated heterocycles. The highest BCUT2D eigenvalue weighted by Crippen LogP contribution is 2.41. The fraction of sp³-hybridized carbons (Fsp3) is 0.222. The highest BCUT2D eigenvalue weighted by atomic mass is 35.5. The van der Waals surface area contributed by atoms with Gasteiger partial charge in [0, 0.05) is 18.1 Å². The second-order valence-electron chi connectivity index (χ2n) is 3.20. The van der Waals surface area contributed by atoms with Gasteiger partial charge in [-0.1, -0.05) is 11.6 Å². The van der Waals surface area contributed by atoms with Crippen molar-refractivity contribution in [3.8, 4) is 17.2 Å². The molecule has 1 aromatic rings. The largest absolute Gasteiger partial charge is 0.507 e. The van der Waals surface area contributed by atoms with Gasteiger partial charge in [-0.05, 0) is 0 Å². The number of rotatable bonds is 3. The molecular formula is C9H10ClNO5. The second-order valence-corrected chi connectivity index (χ2v) is 3.58. The number of aromatic hydroxyl groups is 3. The quantitative estimate of drug-likeness (QED) is 0.389. The Morgan fingerprint density at radius 3 is 2.44 bits per heavy atom. The monoisotopic (exact) mass is 247 g/mol. The van der Waals surface area contributed by atoms with Crippen LogP contribution < -0.4 is 5.73 Å².